The largest absolute Gasteiger partial charge is 0.405 e. The van der Waals surface area contributed by atoms with Crippen LogP contribution in [-0.2, 0) is 0 Å². The van der Waals surface area contributed by atoms with Gasteiger partial charge in [0.05, 0.1) is 6.07 Å². The standard InChI is InChI=1S/C10H16F3N3/c1-16(9-2-4-15-5-3-9)7-8(6-14)10(11,12)13/h8-9,15H,2-5,7H2,1H3. The zero-order valence-electron chi connectivity index (χ0n) is 9.22. The first-order valence-electron chi connectivity index (χ1n) is 5.32. The molecule has 0 aromatic rings. The van der Waals surface area contributed by atoms with Crippen LogP contribution in [0.15, 0.2) is 0 Å². The van der Waals surface area contributed by atoms with Gasteiger partial charge in [0.25, 0.3) is 0 Å². The van der Waals surface area contributed by atoms with Crippen LogP contribution < -0.4 is 5.32 Å². The molecular formula is C10H16F3N3. The van der Waals surface area contributed by atoms with E-state index in [1.165, 1.54) is 6.07 Å². The number of piperidine rings is 1. The average molecular weight is 235 g/mol. The Morgan fingerprint density at radius 1 is 1.44 bits per heavy atom. The quantitative estimate of drug-likeness (QED) is 0.803. The van der Waals surface area contributed by atoms with Crippen LogP contribution in [0.2, 0.25) is 0 Å². The monoisotopic (exact) mass is 235 g/mol. The van der Waals surface area contributed by atoms with Gasteiger partial charge >= 0.3 is 6.18 Å². The van der Waals surface area contributed by atoms with Crippen LogP contribution in [0, 0.1) is 17.2 Å². The summed E-state index contributed by atoms with van der Waals surface area (Å²) in [5.74, 6) is -1.88. The Kier molecular flexibility index (Phi) is 4.56. The summed E-state index contributed by atoms with van der Waals surface area (Å²) in [6, 6.07) is 1.48. The van der Waals surface area contributed by atoms with Gasteiger partial charge in [0.1, 0.15) is 0 Å². The molecule has 0 radical (unpaired) electrons. The minimum absolute atomic E-state index is 0.152. The van der Waals surface area contributed by atoms with E-state index in [1.54, 1.807) is 11.9 Å². The summed E-state index contributed by atoms with van der Waals surface area (Å²) in [5, 5.41) is 11.7. The maximum Gasteiger partial charge on any atom is 0.405 e. The first-order chi connectivity index (χ1) is 7.45. The molecule has 1 fully saturated rings. The second-order valence-corrected chi connectivity index (χ2v) is 4.14. The average Bonchev–Trinajstić information content (AvgIpc) is 2.25. The van der Waals surface area contributed by atoms with Crippen LogP contribution in [0.3, 0.4) is 0 Å². The minimum atomic E-state index is -4.42. The molecule has 1 saturated heterocycles. The number of hydrogen-bond donors (Lipinski definition) is 1. The van der Waals surface area contributed by atoms with Gasteiger partial charge in [-0.25, -0.2) is 0 Å². The van der Waals surface area contributed by atoms with Gasteiger partial charge in [0.2, 0.25) is 0 Å². The summed E-state index contributed by atoms with van der Waals surface area (Å²) in [6.07, 6.45) is -2.74. The fraction of sp³-hybridized carbons (Fsp3) is 0.900. The van der Waals surface area contributed by atoms with Crippen LogP contribution in [0.1, 0.15) is 12.8 Å². The van der Waals surface area contributed by atoms with Gasteiger partial charge in [0, 0.05) is 12.6 Å². The van der Waals surface area contributed by atoms with E-state index in [9.17, 15) is 13.2 Å². The van der Waals surface area contributed by atoms with Crippen LogP contribution in [0.5, 0.6) is 0 Å². The highest BCUT2D eigenvalue weighted by Crippen LogP contribution is 2.27. The number of nitrogens with zero attached hydrogens (tertiary/aromatic N) is 2. The number of alkyl halides is 3. The summed E-state index contributed by atoms with van der Waals surface area (Å²) in [5.41, 5.74) is 0. The molecule has 0 spiro atoms. The molecule has 0 amide bonds. The molecular weight excluding hydrogens is 219 g/mol. The normalized spacial score (nSPS) is 20.8. The molecule has 0 aromatic heterocycles. The highest BCUT2D eigenvalue weighted by Gasteiger charge is 2.41. The molecule has 1 atom stereocenters. The van der Waals surface area contributed by atoms with Gasteiger partial charge in [-0.3, -0.25) is 0 Å². The minimum Gasteiger partial charge on any atom is -0.317 e. The molecule has 1 unspecified atom stereocenters. The van der Waals surface area contributed by atoms with E-state index in [0.717, 1.165) is 25.9 Å². The zero-order chi connectivity index (χ0) is 12.2. The third kappa shape index (κ3) is 3.65. The highest BCUT2D eigenvalue weighted by atomic mass is 19.4. The molecule has 1 rings (SSSR count). The fourth-order valence-corrected chi connectivity index (χ4v) is 1.90. The van der Waals surface area contributed by atoms with E-state index in [2.05, 4.69) is 5.32 Å². The summed E-state index contributed by atoms with van der Waals surface area (Å²) >= 11 is 0. The first-order valence-corrected chi connectivity index (χ1v) is 5.32. The molecule has 0 bridgehead atoms. The van der Waals surface area contributed by atoms with E-state index < -0.39 is 12.1 Å². The van der Waals surface area contributed by atoms with Gasteiger partial charge in [-0.15, -0.1) is 0 Å². The van der Waals surface area contributed by atoms with Crippen LogP contribution >= 0.6 is 0 Å². The van der Waals surface area contributed by atoms with Crippen molar-refractivity contribution in [2.24, 2.45) is 5.92 Å². The van der Waals surface area contributed by atoms with Gasteiger partial charge in [-0.1, -0.05) is 0 Å². The topological polar surface area (TPSA) is 39.1 Å². The Morgan fingerprint density at radius 2 is 2.00 bits per heavy atom. The summed E-state index contributed by atoms with van der Waals surface area (Å²) in [6.45, 7) is 1.43. The lowest BCUT2D eigenvalue weighted by atomic mass is 10.0. The molecule has 1 heterocycles. The zero-order valence-corrected chi connectivity index (χ0v) is 9.22. The van der Waals surface area contributed by atoms with Crippen molar-refractivity contribution in [1.29, 1.82) is 5.26 Å². The van der Waals surface area contributed by atoms with Crippen molar-refractivity contribution in [2.75, 3.05) is 26.7 Å². The van der Waals surface area contributed by atoms with E-state index in [1.807, 2.05) is 0 Å². The summed E-state index contributed by atoms with van der Waals surface area (Å²) in [4.78, 5) is 1.65. The number of nitrogens with one attached hydrogen (secondary N) is 1. The van der Waals surface area contributed by atoms with Crippen molar-refractivity contribution >= 4 is 0 Å². The smallest absolute Gasteiger partial charge is 0.317 e. The number of rotatable bonds is 3. The van der Waals surface area contributed by atoms with Crippen molar-refractivity contribution in [3.05, 3.63) is 0 Å². The van der Waals surface area contributed by atoms with Crippen LogP contribution in [0.4, 0.5) is 13.2 Å². The van der Waals surface area contributed by atoms with E-state index in [-0.39, 0.29) is 12.6 Å². The molecule has 1 N–H and O–H groups in total. The Hall–Kier alpha value is -0.800. The van der Waals surface area contributed by atoms with Crippen molar-refractivity contribution in [3.63, 3.8) is 0 Å². The van der Waals surface area contributed by atoms with Gasteiger partial charge in [-0.05, 0) is 33.0 Å². The van der Waals surface area contributed by atoms with E-state index >= 15 is 0 Å². The molecule has 3 nitrogen and oxygen atoms in total. The molecule has 1 aliphatic heterocycles. The molecule has 6 heteroatoms. The van der Waals surface area contributed by atoms with Crippen molar-refractivity contribution < 1.29 is 13.2 Å². The fourth-order valence-electron chi connectivity index (χ4n) is 1.90. The van der Waals surface area contributed by atoms with E-state index in [4.69, 9.17) is 5.26 Å². The van der Waals surface area contributed by atoms with Gasteiger partial charge in [-0.2, -0.15) is 18.4 Å². The van der Waals surface area contributed by atoms with Crippen molar-refractivity contribution in [2.45, 2.75) is 25.1 Å². The second-order valence-electron chi connectivity index (χ2n) is 4.14. The Bertz CT molecular complexity index is 253. The lowest BCUT2D eigenvalue weighted by molar-refractivity contribution is -0.163. The number of halogens is 3. The van der Waals surface area contributed by atoms with Gasteiger partial charge in [0.15, 0.2) is 5.92 Å². The third-order valence-electron chi connectivity index (χ3n) is 2.95. The Labute approximate surface area is 93.2 Å². The SMILES string of the molecule is CN(CC(C#N)C(F)(F)F)C1CCNCC1. The Morgan fingerprint density at radius 3 is 2.44 bits per heavy atom. The first kappa shape index (κ1) is 13.3. The predicted octanol–water partition coefficient (Wildman–Crippen LogP) is 1.37. The van der Waals surface area contributed by atoms with Crippen molar-refractivity contribution in [3.8, 4) is 6.07 Å². The Balaban J connectivity index is 2.48. The van der Waals surface area contributed by atoms with Crippen molar-refractivity contribution in [1.82, 2.24) is 10.2 Å². The number of nitriles is 1. The molecule has 1 aliphatic rings. The predicted molar refractivity (Wildman–Crippen MR) is 53.7 cm³/mol. The lowest BCUT2D eigenvalue weighted by Crippen LogP contribution is -2.44. The maximum absolute atomic E-state index is 12.4. The second kappa shape index (κ2) is 5.51. The third-order valence-corrected chi connectivity index (χ3v) is 2.95. The molecule has 0 saturated carbocycles. The number of hydrogen-bond acceptors (Lipinski definition) is 3. The maximum atomic E-state index is 12.4. The summed E-state index contributed by atoms with van der Waals surface area (Å²) in [7, 11) is 1.66. The van der Waals surface area contributed by atoms with Gasteiger partial charge < -0.3 is 10.2 Å². The van der Waals surface area contributed by atoms with Crippen LogP contribution in [0.25, 0.3) is 0 Å². The molecule has 92 valence electrons. The lowest BCUT2D eigenvalue weighted by Gasteiger charge is -2.32. The summed E-state index contributed by atoms with van der Waals surface area (Å²) < 4.78 is 37.2. The molecule has 0 aliphatic carbocycles. The molecule has 0 aromatic carbocycles. The molecule has 16 heavy (non-hydrogen) atoms. The van der Waals surface area contributed by atoms with Crippen LogP contribution in [-0.4, -0.2) is 43.8 Å². The highest BCUT2D eigenvalue weighted by molar-refractivity contribution is 4.91. The van der Waals surface area contributed by atoms with E-state index in [0.29, 0.717) is 0 Å².